The first-order valence-electron chi connectivity index (χ1n) is 8.94. The van der Waals surface area contributed by atoms with Gasteiger partial charge in [0.05, 0.1) is 12.7 Å². The summed E-state index contributed by atoms with van der Waals surface area (Å²) in [5, 5.41) is 1.17. The first-order valence-corrected chi connectivity index (χ1v) is 8.94. The van der Waals surface area contributed by atoms with Crippen molar-refractivity contribution in [3.05, 3.63) is 65.5 Å². The van der Waals surface area contributed by atoms with Gasteiger partial charge in [-0.25, -0.2) is 9.78 Å². The number of methoxy groups -OCH3 is 1. The zero-order valence-corrected chi connectivity index (χ0v) is 14.9. The van der Waals surface area contributed by atoms with Crippen LogP contribution in [0.25, 0.3) is 11.0 Å². The predicted octanol–water partition coefficient (Wildman–Crippen LogP) is 3.77. The summed E-state index contributed by atoms with van der Waals surface area (Å²) < 4.78 is 12.3. The fourth-order valence-corrected chi connectivity index (χ4v) is 3.54. The third kappa shape index (κ3) is 3.35. The van der Waals surface area contributed by atoms with Crippen LogP contribution >= 0.6 is 0 Å². The average Bonchev–Trinajstić information content (AvgIpc) is 3.10. The molecule has 0 unspecified atom stereocenters. The molecular weight excluding hydrogens is 328 g/mol. The van der Waals surface area contributed by atoms with Crippen molar-refractivity contribution in [2.24, 2.45) is 0 Å². The van der Waals surface area contributed by atoms with E-state index in [-0.39, 0.29) is 5.97 Å². The highest BCUT2D eigenvalue weighted by Crippen LogP contribution is 2.28. The lowest BCUT2D eigenvalue weighted by Gasteiger charge is -2.22. The summed E-state index contributed by atoms with van der Waals surface area (Å²) >= 11 is 0. The van der Waals surface area contributed by atoms with Crippen molar-refractivity contribution in [3.8, 4) is 0 Å². The molecule has 1 fully saturated rings. The number of pyridine rings is 1. The zero-order chi connectivity index (χ0) is 17.9. The standard InChI is InChI=1S/C21H22N2O3/c1-25-21(24)17-4-2-15(3-5-17)14-23-9-6-18-12-19(13-22-20(18)23)16-7-10-26-11-8-16/h2-6,9,12-13,16H,7-8,10-11,14H2,1H3. The van der Waals surface area contributed by atoms with Crippen LogP contribution in [0.1, 0.15) is 40.2 Å². The van der Waals surface area contributed by atoms with E-state index in [0.717, 1.165) is 37.3 Å². The van der Waals surface area contributed by atoms with Gasteiger partial charge in [-0.1, -0.05) is 12.1 Å². The van der Waals surface area contributed by atoms with Gasteiger partial charge in [0, 0.05) is 37.5 Å². The van der Waals surface area contributed by atoms with Crippen LogP contribution in [0.5, 0.6) is 0 Å². The molecule has 0 radical (unpaired) electrons. The Kier molecular flexibility index (Phi) is 4.71. The van der Waals surface area contributed by atoms with Crippen LogP contribution < -0.4 is 0 Å². The van der Waals surface area contributed by atoms with E-state index in [2.05, 4.69) is 22.9 Å². The maximum absolute atomic E-state index is 11.5. The van der Waals surface area contributed by atoms with Crippen LogP contribution in [0.2, 0.25) is 0 Å². The minimum atomic E-state index is -0.315. The molecule has 2 aromatic heterocycles. The lowest BCUT2D eigenvalue weighted by Crippen LogP contribution is -2.14. The summed E-state index contributed by atoms with van der Waals surface area (Å²) in [7, 11) is 1.39. The molecule has 26 heavy (non-hydrogen) atoms. The van der Waals surface area contributed by atoms with Gasteiger partial charge in [-0.05, 0) is 54.2 Å². The minimum Gasteiger partial charge on any atom is -0.465 e. The first-order chi connectivity index (χ1) is 12.7. The van der Waals surface area contributed by atoms with E-state index in [1.54, 1.807) is 12.1 Å². The topological polar surface area (TPSA) is 53.4 Å². The smallest absolute Gasteiger partial charge is 0.337 e. The van der Waals surface area contributed by atoms with Crippen molar-refractivity contribution in [2.75, 3.05) is 20.3 Å². The quantitative estimate of drug-likeness (QED) is 0.672. The van der Waals surface area contributed by atoms with Gasteiger partial charge in [0.2, 0.25) is 0 Å². The number of esters is 1. The maximum atomic E-state index is 11.5. The van der Waals surface area contributed by atoms with E-state index in [9.17, 15) is 4.79 Å². The minimum absolute atomic E-state index is 0.315. The van der Waals surface area contributed by atoms with Gasteiger partial charge in [-0.2, -0.15) is 0 Å². The number of benzene rings is 1. The highest BCUT2D eigenvalue weighted by atomic mass is 16.5. The average molecular weight is 350 g/mol. The molecule has 0 aliphatic carbocycles. The molecule has 5 nitrogen and oxygen atoms in total. The molecular formula is C21H22N2O3. The van der Waals surface area contributed by atoms with E-state index < -0.39 is 0 Å². The molecule has 5 heteroatoms. The van der Waals surface area contributed by atoms with E-state index >= 15 is 0 Å². The second-order valence-electron chi connectivity index (χ2n) is 6.70. The zero-order valence-electron chi connectivity index (χ0n) is 14.9. The van der Waals surface area contributed by atoms with E-state index in [1.807, 2.05) is 18.3 Å². The number of nitrogens with zero attached hydrogens (tertiary/aromatic N) is 2. The van der Waals surface area contributed by atoms with Crippen molar-refractivity contribution in [1.82, 2.24) is 9.55 Å². The summed E-state index contributed by atoms with van der Waals surface area (Å²) in [6, 6.07) is 11.9. The van der Waals surface area contributed by atoms with Crippen molar-refractivity contribution in [2.45, 2.75) is 25.3 Å². The van der Waals surface area contributed by atoms with Gasteiger partial charge in [0.15, 0.2) is 0 Å². The van der Waals surface area contributed by atoms with Gasteiger partial charge < -0.3 is 14.0 Å². The normalized spacial score (nSPS) is 15.3. The molecule has 0 spiro atoms. The molecule has 1 aliphatic heterocycles. The molecule has 0 saturated carbocycles. The van der Waals surface area contributed by atoms with Crippen LogP contribution in [0.4, 0.5) is 0 Å². The molecule has 0 amide bonds. The molecule has 1 saturated heterocycles. The van der Waals surface area contributed by atoms with Gasteiger partial charge in [0.1, 0.15) is 5.65 Å². The lowest BCUT2D eigenvalue weighted by atomic mass is 9.92. The third-order valence-electron chi connectivity index (χ3n) is 5.04. The molecule has 134 valence electrons. The van der Waals surface area contributed by atoms with Crippen molar-refractivity contribution < 1.29 is 14.3 Å². The molecule has 1 aliphatic rings. The number of fused-ring (bicyclic) bond motifs is 1. The SMILES string of the molecule is COC(=O)c1ccc(Cn2ccc3cc(C4CCOCC4)cnc32)cc1. The second kappa shape index (κ2) is 7.30. The Balaban J connectivity index is 1.54. The summed E-state index contributed by atoms with van der Waals surface area (Å²) in [5.41, 5.74) is 3.97. The van der Waals surface area contributed by atoms with Crippen molar-refractivity contribution >= 4 is 17.0 Å². The Morgan fingerprint density at radius 2 is 2.00 bits per heavy atom. The molecule has 0 N–H and O–H groups in total. The lowest BCUT2D eigenvalue weighted by molar-refractivity contribution is 0.0600. The first kappa shape index (κ1) is 16.8. The molecule has 3 heterocycles. The fraction of sp³-hybridized carbons (Fsp3) is 0.333. The van der Waals surface area contributed by atoms with Gasteiger partial charge in [-0.15, -0.1) is 0 Å². The second-order valence-corrected chi connectivity index (χ2v) is 6.70. The number of aromatic nitrogens is 2. The van der Waals surface area contributed by atoms with Crippen LogP contribution in [0.3, 0.4) is 0 Å². The number of carbonyl (C=O) groups is 1. The van der Waals surface area contributed by atoms with Crippen molar-refractivity contribution in [3.63, 3.8) is 0 Å². The molecule has 0 bridgehead atoms. The highest BCUT2D eigenvalue weighted by Gasteiger charge is 2.17. The number of carbonyl (C=O) groups excluding carboxylic acids is 1. The molecule has 4 rings (SSSR count). The van der Waals surface area contributed by atoms with Crippen LogP contribution in [-0.4, -0.2) is 35.8 Å². The highest BCUT2D eigenvalue weighted by molar-refractivity contribution is 5.89. The summed E-state index contributed by atoms with van der Waals surface area (Å²) in [6.45, 7) is 2.39. The molecule has 3 aromatic rings. The summed E-state index contributed by atoms with van der Waals surface area (Å²) in [6.07, 6.45) is 6.22. The Hall–Kier alpha value is -2.66. The third-order valence-corrected chi connectivity index (χ3v) is 5.04. The van der Waals surface area contributed by atoms with Crippen LogP contribution in [0.15, 0.2) is 48.8 Å². The van der Waals surface area contributed by atoms with E-state index in [0.29, 0.717) is 18.0 Å². The van der Waals surface area contributed by atoms with E-state index in [1.165, 1.54) is 18.1 Å². The summed E-state index contributed by atoms with van der Waals surface area (Å²) in [5.74, 6) is 0.236. The monoisotopic (exact) mass is 350 g/mol. The number of hydrogen-bond acceptors (Lipinski definition) is 4. The Labute approximate surface area is 152 Å². The summed E-state index contributed by atoms with van der Waals surface area (Å²) in [4.78, 5) is 16.3. The fourth-order valence-electron chi connectivity index (χ4n) is 3.54. The Morgan fingerprint density at radius 3 is 2.73 bits per heavy atom. The van der Waals surface area contributed by atoms with Gasteiger partial charge >= 0.3 is 5.97 Å². The molecule has 0 atom stereocenters. The van der Waals surface area contributed by atoms with Gasteiger partial charge in [0.25, 0.3) is 0 Å². The number of hydrogen-bond donors (Lipinski definition) is 0. The molecule has 1 aromatic carbocycles. The Bertz CT molecular complexity index is 909. The van der Waals surface area contributed by atoms with E-state index in [4.69, 9.17) is 14.5 Å². The maximum Gasteiger partial charge on any atom is 0.337 e. The largest absolute Gasteiger partial charge is 0.465 e. The van der Waals surface area contributed by atoms with Crippen molar-refractivity contribution in [1.29, 1.82) is 0 Å². The predicted molar refractivity (Wildman–Crippen MR) is 99.4 cm³/mol. The number of ether oxygens (including phenoxy) is 2. The van der Waals surface area contributed by atoms with Crippen LogP contribution in [-0.2, 0) is 16.0 Å². The van der Waals surface area contributed by atoms with Gasteiger partial charge in [-0.3, -0.25) is 0 Å². The van der Waals surface area contributed by atoms with Crippen LogP contribution in [0, 0.1) is 0 Å². The number of rotatable bonds is 4. The Morgan fingerprint density at radius 1 is 1.23 bits per heavy atom.